The summed E-state index contributed by atoms with van der Waals surface area (Å²) in [7, 11) is 1.81. The van der Waals surface area contributed by atoms with Gasteiger partial charge < -0.3 is 20.7 Å². The molecule has 0 aromatic carbocycles. The number of nitrogens with one attached hydrogen (secondary N) is 1. The van der Waals surface area contributed by atoms with E-state index in [1.54, 1.807) is 4.90 Å². The molecule has 130 valence electrons. The van der Waals surface area contributed by atoms with Crippen molar-refractivity contribution < 1.29 is 14.3 Å². The average molecular weight is 336 g/mol. The van der Waals surface area contributed by atoms with Crippen molar-refractivity contribution in [2.45, 2.75) is 52.2 Å². The first kappa shape index (κ1) is 21.1. The number of carbonyl (C=O) groups is 2. The minimum atomic E-state index is -0.310. The topological polar surface area (TPSA) is 84.7 Å². The normalized spacial score (nSPS) is 22.2. The lowest BCUT2D eigenvalue weighted by Gasteiger charge is -2.58. The molecule has 0 spiro atoms. The van der Waals surface area contributed by atoms with Crippen LogP contribution in [-0.2, 0) is 14.3 Å². The van der Waals surface area contributed by atoms with Gasteiger partial charge in [0.15, 0.2) is 0 Å². The molecule has 22 heavy (non-hydrogen) atoms. The molecule has 0 aromatic heterocycles. The summed E-state index contributed by atoms with van der Waals surface area (Å²) in [6.45, 7) is 6.91. The van der Waals surface area contributed by atoms with Gasteiger partial charge in [-0.3, -0.25) is 9.59 Å². The van der Waals surface area contributed by atoms with Crippen molar-refractivity contribution in [2.75, 3.05) is 26.7 Å². The maximum atomic E-state index is 12.2. The van der Waals surface area contributed by atoms with Crippen LogP contribution in [0.25, 0.3) is 0 Å². The second kappa shape index (κ2) is 9.33. The zero-order valence-electron chi connectivity index (χ0n) is 14.1. The molecular formula is C15H30ClN3O3. The summed E-state index contributed by atoms with van der Waals surface area (Å²) in [5, 5.41) is 2.53. The summed E-state index contributed by atoms with van der Waals surface area (Å²) < 4.78 is 5.83. The highest BCUT2D eigenvalue weighted by atomic mass is 35.5. The first-order chi connectivity index (χ1) is 9.96. The highest BCUT2D eigenvalue weighted by Gasteiger charge is 2.55. The monoisotopic (exact) mass is 335 g/mol. The first-order valence-corrected chi connectivity index (χ1v) is 7.80. The lowest BCUT2D eigenvalue weighted by Crippen LogP contribution is -2.65. The molecule has 7 heteroatoms. The van der Waals surface area contributed by atoms with Gasteiger partial charge in [-0.15, -0.1) is 12.4 Å². The van der Waals surface area contributed by atoms with Crippen LogP contribution in [0, 0.1) is 5.41 Å². The van der Waals surface area contributed by atoms with Crippen LogP contribution in [0.15, 0.2) is 0 Å². The van der Waals surface area contributed by atoms with Crippen LogP contribution < -0.4 is 11.1 Å². The second-order valence-electron chi connectivity index (χ2n) is 5.62. The zero-order valence-corrected chi connectivity index (χ0v) is 14.9. The van der Waals surface area contributed by atoms with E-state index in [9.17, 15) is 9.59 Å². The Morgan fingerprint density at radius 3 is 2.36 bits per heavy atom. The molecule has 0 aliphatic heterocycles. The van der Waals surface area contributed by atoms with Crippen LogP contribution >= 0.6 is 12.4 Å². The van der Waals surface area contributed by atoms with E-state index < -0.39 is 0 Å². The van der Waals surface area contributed by atoms with Crippen LogP contribution in [0.3, 0.4) is 0 Å². The first-order valence-electron chi connectivity index (χ1n) is 7.80. The van der Waals surface area contributed by atoms with Crippen molar-refractivity contribution in [2.24, 2.45) is 11.1 Å². The van der Waals surface area contributed by atoms with Crippen molar-refractivity contribution in [3.63, 3.8) is 0 Å². The number of nitrogens with zero attached hydrogens (tertiary/aromatic N) is 1. The number of nitrogens with two attached hydrogens (primary N) is 1. The molecule has 0 saturated heterocycles. The van der Waals surface area contributed by atoms with Gasteiger partial charge in [-0.1, -0.05) is 13.8 Å². The molecule has 2 atom stereocenters. The summed E-state index contributed by atoms with van der Waals surface area (Å²) in [6.07, 6.45) is 3.04. The highest BCUT2D eigenvalue weighted by Crippen LogP contribution is 2.51. The molecule has 1 rings (SSSR count). The van der Waals surface area contributed by atoms with Gasteiger partial charge >= 0.3 is 0 Å². The molecule has 0 aromatic rings. The standard InChI is InChI=1S/C15H29N3O3.ClH/c1-5-15(6-2)11(8-12(15)21-7-3)18(4)14(20)10-17-13(19)9-16;/h11-12H,5-10,16H2,1-4H3,(H,17,19);1H. The molecule has 0 bridgehead atoms. The Bertz CT molecular complexity index is 375. The molecule has 6 nitrogen and oxygen atoms in total. The van der Waals surface area contributed by atoms with Crippen LogP contribution in [0.5, 0.6) is 0 Å². The Morgan fingerprint density at radius 2 is 1.91 bits per heavy atom. The molecule has 3 N–H and O–H groups in total. The van der Waals surface area contributed by atoms with Crippen molar-refractivity contribution >= 4 is 24.2 Å². The Kier molecular flexibility index (Phi) is 8.96. The zero-order chi connectivity index (χ0) is 16.0. The van der Waals surface area contributed by atoms with Crippen molar-refractivity contribution in [3.05, 3.63) is 0 Å². The molecule has 2 amide bonds. The number of rotatable bonds is 8. The number of likely N-dealkylation sites (N-methyl/N-ethyl adjacent to an activating group) is 1. The van der Waals surface area contributed by atoms with Crippen LogP contribution in [0.4, 0.5) is 0 Å². The smallest absolute Gasteiger partial charge is 0.241 e. The number of ether oxygens (including phenoxy) is 1. The van der Waals surface area contributed by atoms with E-state index in [2.05, 4.69) is 19.2 Å². The van der Waals surface area contributed by atoms with Gasteiger partial charge in [0.05, 0.1) is 19.2 Å². The number of carbonyl (C=O) groups excluding carboxylic acids is 2. The fourth-order valence-electron chi connectivity index (χ4n) is 3.43. The van der Waals surface area contributed by atoms with Crippen LogP contribution in [0.2, 0.25) is 0 Å². The maximum Gasteiger partial charge on any atom is 0.241 e. The molecule has 1 aliphatic carbocycles. The summed E-state index contributed by atoms with van der Waals surface area (Å²) in [5.41, 5.74) is 5.24. The van der Waals surface area contributed by atoms with Gasteiger partial charge in [-0.2, -0.15) is 0 Å². The van der Waals surface area contributed by atoms with Gasteiger partial charge in [0.1, 0.15) is 0 Å². The van der Waals surface area contributed by atoms with Crippen LogP contribution in [0.1, 0.15) is 40.0 Å². The molecule has 0 heterocycles. The quantitative estimate of drug-likeness (QED) is 0.691. The summed E-state index contributed by atoms with van der Waals surface area (Å²) >= 11 is 0. The summed E-state index contributed by atoms with van der Waals surface area (Å²) in [5.74, 6) is -0.391. The highest BCUT2D eigenvalue weighted by molar-refractivity contribution is 5.86. The Balaban J connectivity index is 0.00000441. The largest absolute Gasteiger partial charge is 0.378 e. The minimum absolute atomic E-state index is 0. The van der Waals surface area contributed by atoms with Gasteiger partial charge in [0, 0.05) is 25.1 Å². The van der Waals surface area contributed by atoms with Gasteiger partial charge in [0.2, 0.25) is 11.8 Å². The molecule has 1 saturated carbocycles. The Labute approximate surface area is 139 Å². The lowest BCUT2D eigenvalue weighted by atomic mass is 9.58. The number of amides is 2. The molecule has 0 radical (unpaired) electrons. The summed E-state index contributed by atoms with van der Waals surface area (Å²) in [4.78, 5) is 25.1. The Hall–Kier alpha value is -0.850. The third kappa shape index (κ3) is 4.12. The van der Waals surface area contributed by atoms with Crippen LogP contribution in [-0.4, -0.2) is 55.6 Å². The van der Waals surface area contributed by atoms with Crippen molar-refractivity contribution in [3.8, 4) is 0 Å². The third-order valence-corrected chi connectivity index (χ3v) is 4.91. The van der Waals surface area contributed by atoms with E-state index in [1.165, 1.54) is 0 Å². The van der Waals surface area contributed by atoms with Gasteiger partial charge in [-0.25, -0.2) is 0 Å². The van der Waals surface area contributed by atoms with E-state index in [4.69, 9.17) is 10.5 Å². The fraction of sp³-hybridized carbons (Fsp3) is 0.867. The minimum Gasteiger partial charge on any atom is -0.378 e. The molecular weight excluding hydrogens is 306 g/mol. The number of hydrogen-bond acceptors (Lipinski definition) is 4. The number of halogens is 1. The molecule has 1 aliphatic rings. The van der Waals surface area contributed by atoms with E-state index in [1.807, 2.05) is 14.0 Å². The van der Waals surface area contributed by atoms with E-state index in [0.29, 0.717) is 6.61 Å². The predicted octanol–water partition coefficient (Wildman–Crippen LogP) is 0.925. The van der Waals surface area contributed by atoms with E-state index in [0.717, 1.165) is 19.3 Å². The van der Waals surface area contributed by atoms with E-state index in [-0.39, 0.29) is 54.9 Å². The van der Waals surface area contributed by atoms with E-state index >= 15 is 0 Å². The molecule has 2 unspecified atom stereocenters. The second-order valence-corrected chi connectivity index (χ2v) is 5.62. The fourth-order valence-corrected chi connectivity index (χ4v) is 3.43. The lowest BCUT2D eigenvalue weighted by molar-refractivity contribution is -0.176. The molecule has 1 fully saturated rings. The SMILES string of the molecule is CCOC1CC(N(C)C(=O)CNC(=O)CN)C1(CC)CC.Cl. The van der Waals surface area contributed by atoms with Gasteiger partial charge in [-0.05, 0) is 26.2 Å². The van der Waals surface area contributed by atoms with Gasteiger partial charge in [0.25, 0.3) is 0 Å². The third-order valence-electron chi connectivity index (χ3n) is 4.91. The van der Waals surface area contributed by atoms with Crippen molar-refractivity contribution in [1.82, 2.24) is 10.2 Å². The number of hydrogen-bond donors (Lipinski definition) is 2. The van der Waals surface area contributed by atoms with Crippen molar-refractivity contribution in [1.29, 1.82) is 0 Å². The predicted molar refractivity (Wildman–Crippen MR) is 88.9 cm³/mol. The Morgan fingerprint density at radius 1 is 1.32 bits per heavy atom. The summed E-state index contributed by atoms with van der Waals surface area (Å²) in [6, 6.07) is 0.173. The maximum absolute atomic E-state index is 12.2. The average Bonchev–Trinajstić information content (AvgIpc) is 2.49.